The predicted molar refractivity (Wildman–Crippen MR) is 66.3 cm³/mol. The monoisotopic (exact) mass is 292 g/mol. The molecule has 84 valence electrons. The average Bonchev–Trinajstić information content (AvgIpc) is 2.16. The standard InChI is InChI=1S/C10H14BrClN2O/c1-10(2,6-15)5-14-9-8(12)3-7(11)4-13-9/h3-4,15H,5-6H2,1-2H3,(H,13,14). The van der Waals surface area contributed by atoms with Crippen LogP contribution < -0.4 is 5.32 Å². The van der Waals surface area contributed by atoms with Gasteiger partial charge in [0, 0.05) is 29.2 Å². The molecule has 2 N–H and O–H groups in total. The molecule has 15 heavy (non-hydrogen) atoms. The fourth-order valence-electron chi connectivity index (χ4n) is 0.924. The van der Waals surface area contributed by atoms with Crippen LogP contribution in [0.2, 0.25) is 5.02 Å². The number of hydrogen-bond acceptors (Lipinski definition) is 3. The van der Waals surface area contributed by atoms with Gasteiger partial charge in [-0.15, -0.1) is 0 Å². The van der Waals surface area contributed by atoms with Crippen molar-refractivity contribution in [3.05, 3.63) is 21.8 Å². The first-order chi connectivity index (χ1) is 6.94. The molecule has 0 aliphatic carbocycles. The van der Waals surface area contributed by atoms with Crippen molar-refractivity contribution in [2.45, 2.75) is 13.8 Å². The first-order valence-electron chi connectivity index (χ1n) is 4.60. The lowest BCUT2D eigenvalue weighted by Gasteiger charge is -2.22. The highest BCUT2D eigenvalue weighted by atomic mass is 79.9. The summed E-state index contributed by atoms with van der Waals surface area (Å²) in [6.45, 7) is 4.67. The SMILES string of the molecule is CC(C)(CO)CNc1ncc(Br)cc1Cl. The Hall–Kier alpha value is -0.320. The lowest BCUT2D eigenvalue weighted by atomic mass is 9.95. The molecule has 0 aromatic carbocycles. The molecule has 0 amide bonds. The highest BCUT2D eigenvalue weighted by Crippen LogP contribution is 2.24. The Morgan fingerprint density at radius 2 is 2.27 bits per heavy atom. The second-order valence-electron chi connectivity index (χ2n) is 4.16. The first-order valence-corrected chi connectivity index (χ1v) is 5.77. The highest BCUT2D eigenvalue weighted by Gasteiger charge is 2.16. The summed E-state index contributed by atoms with van der Waals surface area (Å²) in [6, 6.07) is 1.78. The van der Waals surface area contributed by atoms with Crippen molar-refractivity contribution in [3.63, 3.8) is 0 Å². The van der Waals surface area contributed by atoms with Gasteiger partial charge < -0.3 is 10.4 Å². The van der Waals surface area contributed by atoms with Crippen molar-refractivity contribution in [1.82, 2.24) is 4.98 Å². The van der Waals surface area contributed by atoms with E-state index < -0.39 is 0 Å². The summed E-state index contributed by atoms with van der Waals surface area (Å²) < 4.78 is 0.847. The van der Waals surface area contributed by atoms with E-state index >= 15 is 0 Å². The minimum atomic E-state index is -0.182. The summed E-state index contributed by atoms with van der Waals surface area (Å²) in [5, 5.41) is 12.8. The zero-order valence-corrected chi connectivity index (χ0v) is 11.1. The summed E-state index contributed by atoms with van der Waals surface area (Å²) in [5.41, 5.74) is -0.182. The van der Waals surface area contributed by atoms with E-state index in [9.17, 15) is 0 Å². The number of pyridine rings is 1. The fraction of sp³-hybridized carbons (Fsp3) is 0.500. The summed E-state index contributed by atoms with van der Waals surface area (Å²) in [6.07, 6.45) is 1.68. The van der Waals surface area contributed by atoms with Gasteiger partial charge in [0.05, 0.1) is 5.02 Å². The molecule has 0 fully saturated rings. The van der Waals surface area contributed by atoms with Crippen molar-refractivity contribution < 1.29 is 5.11 Å². The second kappa shape index (κ2) is 5.14. The van der Waals surface area contributed by atoms with Gasteiger partial charge in [0.25, 0.3) is 0 Å². The van der Waals surface area contributed by atoms with E-state index in [1.807, 2.05) is 13.8 Å². The minimum Gasteiger partial charge on any atom is -0.396 e. The van der Waals surface area contributed by atoms with Gasteiger partial charge in [-0.05, 0) is 22.0 Å². The van der Waals surface area contributed by atoms with Crippen LogP contribution in [0.5, 0.6) is 0 Å². The Morgan fingerprint density at radius 3 is 2.80 bits per heavy atom. The Bertz CT molecular complexity index is 344. The normalized spacial score (nSPS) is 11.5. The van der Waals surface area contributed by atoms with Crippen LogP contribution in [0.1, 0.15) is 13.8 Å². The van der Waals surface area contributed by atoms with E-state index in [0.717, 1.165) is 4.47 Å². The Balaban J connectivity index is 2.66. The summed E-state index contributed by atoms with van der Waals surface area (Å²) >= 11 is 9.27. The van der Waals surface area contributed by atoms with E-state index in [0.29, 0.717) is 17.4 Å². The Morgan fingerprint density at radius 1 is 1.60 bits per heavy atom. The predicted octanol–water partition coefficient (Wildman–Crippen LogP) is 2.93. The molecule has 1 aromatic heterocycles. The number of halogens is 2. The van der Waals surface area contributed by atoms with Crippen LogP contribution in [0.15, 0.2) is 16.7 Å². The van der Waals surface area contributed by atoms with Crippen molar-refractivity contribution >= 4 is 33.3 Å². The molecule has 3 nitrogen and oxygen atoms in total. The van der Waals surface area contributed by atoms with E-state index in [-0.39, 0.29) is 12.0 Å². The van der Waals surface area contributed by atoms with Crippen LogP contribution in [0, 0.1) is 5.41 Å². The molecule has 0 bridgehead atoms. The van der Waals surface area contributed by atoms with Gasteiger partial charge in [-0.2, -0.15) is 0 Å². The molecule has 5 heteroatoms. The molecular weight excluding hydrogens is 279 g/mol. The third-order valence-corrected chi connectivity index (χ3v) is 2.69. The maximum Gasteiger partial charge on any atom is 0.144 e. The smallest absolute Gasteiger partial charge is 0.144 e. The van der Waals surface area contributed by atoms with Crippen LogP contribution in [0.3, 0.4) is 0 Å². The molecule has 0 radical (unpaired) electrons. The molecular formula is C10H14BrClN2O. The lowest BCUT2D eigenvalue weighted by Crippen LogP contribution is -2.27. The third kappa shape index (κ3) is 3.97. The average molecular weight is 294 g/mol. The summed E-state index contributed by atoms with van der Waals surface area (Å²) in [5.74, 6) is 0.640. The largest absolute Gasteiger partial charge is 0.396 e. The number of aromatic nitrogens is 1. The second-order valence-corrected chi connectivity index (χ2v) is 5.48. The van der Waals surface area contributed by atoms with E-state index in [4.69, 9.17) is 16.7 Å². The topological polar surface area (TPSA) is 45.1 Å². The summed E-state index contributed by atoms with van der Waals surface area (Å²) in [4.78, 5) is 4.14. The molecule has 0 aliphatic heterocycles. The molecule has 0 saturated carbocycles. The van der Waals surface area contributed by atoms with Gasteiger partial charge in [0.1, 0.15) is 5.82 Å². The number of hydrogen-bond donors (Lipinski definition) is 2. The van der Waals surface area contributed by atoms with Crippen LogP contribution >= 0.6 is 27.5 Å². The van der Waals surface area contributed by atoms with Crippen molar-refractivity contribution in [2.75, 3.05) is 18.5 Å². The van der Waals surface area contributed by atoms with E-state index in [1.165, 1.54) is 0 Å². The maximum atomic E-state index is 9.08. The highest BCUT2D eigenvalue weighted by molar-refractivity contribution is 9.10. The van der Waals surface area contributed by atoms with Gasteiger partial charge in [0.2, 0.25) is 0 Å². The van der Waals surface area contributed by atoms with Gasteiger partial charge >= 0.3 is 0 Å². The number of aliphatic hydroxyl groups is 1. The molecule has 1 aromatic rings. The van der Waals surface area contributed by atoms with Crippen LogP contribution in [-0.2, 0) is 0 Å². The fourth-order valence-corrected chi connectivity index (χ4v) is 1.62. The third-order valence-electron chi connectivity index (χ3n) is 1.97. The zero-order chi connectivity index (χ0) is 11.5. The first kappa shape index (κ1) is 12.7. The van der Waals surface area contributed by atoms with E-state index in [2.05, 4.69) is 26.2 Å². The zero-order valence-electron chi connectivity index (χ0n) is 8.72. The molecule has 0 atom stereocenters. The molecule has 1 heterocycles. The van der Waals surface area contributed by atoms with Gasteiger partial charge in [-0.1, -0.05) is 25.4 Å². The number of nitrogens with one attached hydrogen (secondary N) is 1. The van der Waals surface area contributed by atoms with Crippen molar-refractivity contribution in [1.29, 1.82) is 0 Å². The number of aliphatic hydroxyl groups excluding tert-OH is 1. The van der Waals surface area contributed by atoms with Gasteiger partial charge in [0.15, 0.2) is 0 Å². The van der Waals surface area contributed by atoms with Crippen LogP contribution in [0.25, 0.3) is 0 Å². The Kier molecular flexibility index (Phi) is 4.37. The van der Waals surface area contributed by atoms with Crippen molar-refractivity contribution in [3.8, 4) is 0 Å². The van der Waals surface area contributed by atoms with Gasteiger partial charge in [-0.25, -0.2) is 4.98 Å². The molecule has 0 aliphatic rings. The van der Waals surface area contributed by atoms with E-state index in [1.54, 1.807) is 12.3 Å². The van der Waals surface area contributed by atoms with Crippen LogP contribution in [0.4, 0.5) is 5.82 Å². The number of rotatable bonds is 4. The van der Waals surface area contributed by atoms with Gasteiger partial charge in [-0.3, -0.25) is 0 Å². The molecule has 0 saturated heterocycles. The summed E-state index contributed by atoms with van der Waals surface area (Å²) in [7, 11) is 0. The maximum absolute atomic E-state index is 9.08. The number of anilines is 1. The van der Waals surface area contributed by atoms with Crippen LogP contribution in [-0.4, -0.2) is 23.2 Å². The minimum absolute atomic E-state index is 0.119. The van der Waals surface area contributed by atoms with Crippen molar-refractivity contribution in [2.24, 2.45) is 5.41 Å². The molecule has 1 rings (SSSR count). The lowest BCUT2D eigenvalue weighted by molar-refractivity contribution is 0.170. The molecule has 0 spiro atoms. The number of nitrogens with zero attached hydrogens (tertiary/aromatic N) is 1. The molecule has 0 unspecified atom stereocenters. The Labute approximate surface area is 103 Å². The quantitative estimate of drug-likeness (QED) is 0.897.